The van der Waals surface area contributed by atoms with Crippen LogP contribution < -0.4 is 5.32 Å². The number of fused-ring (bicyclic) bond motifs is 1. The molecule has 2 rings (SSSR count). The zero-order chi connectivity index (χ0) is 14.0. The topological polar surface area (TPSA) is 47.6 Å². The smallest absolute Gasteiger partial charge is 0.340 e. The van der Waals surface area contributed by atoms with Crippen molar-refractivity contribution >= 4 is 46.5 Å². The second-order valence-corrected chi connectivity index (χ2v) is 6.29. The number of halogens is 3. The fourth-order valence-electron chi connectivity index (χ4n) is 1.80. The van der Waals surface area contributed by atoms with Gasteiger partial charge in [0.2, 0.25) is 3.79 Å². The van der Waals surface area contributed by atoms with Crippen molar-refractivity contribution < 1.29 is 14.3 Å². The summed E-state index contributed by atoms with van der Waals surface area (Å²) in [6, 6.07) is 7.16. The Balaban J connectivity index is 2.34. The van der Waals surface area contributed by atoms with Gasteiger partial charge in [0.25, 0.3) is 0 Å². The Labute approximate surface area is 125 Å². The van der Waals surface area contributed by atoms with Crippen LogP contribution in [0, 0.1) is 0 Å². The van der Waals surface area contributed by atoms with Crippen LogP contribution in [0.3, 0.4) is 0 Å². The van der Waals surface area contributed by atoms with Gasteiger partial charge < -0.3 is 14.8 Å². The monoisotopic (exact) mass is 323 g/mol. The number of rotatable bonds is 2. The van der Waals surface area contributed by atoms with Crippen molar-refractivity contribution in [2.75, 3.05) is 11.9 Å². The van der Waals surface area contributed by atoms with Crippen molar-refractivity contribution in [3.63, 3.8) is 0 Å². The van der Waals surface area contributed by atoms with Crippen molar-refractivity contribution in [1.29, 1.82) is 0 Å². The van der Waals surface area contributed by atoms with E-state index >= 15 is 0 Å². The molecule has 104 valence electrons. The lowest BCUT2D eigenvalue weighted by atomic mass is 10.1. The molecule has 1 aliphatic heterocycles. The van der Waals surface area contributed by atoms with Crippen molar-refractivity contribution in [1.82, 2.24) is 0 Å². The maximum absolute atomic E-state index is 11.9. The normalized spacial score (nSPS) is 22.3. The second-order valence-electron chi connectivity index (χ2n) is 3.92. The SMILES string of the molecule is CCOC(=O)C1OC(C(Cl)(Cl)Cl)Nc2ccccc21. The quantitative estimate of drug-likeness (QED) is 0.669. The van der Waals surface area contributed by atoms with E-state index in [0.29, 0.717) is 11.3 Å². The summed E-state index contributed by atoms with van der Waals surface area (Å²) < 4.78 is 8.79. The minimum atomic E-state index is -1.70. The van der Waals surface area contributed by atoms with Gasteiger partial charge in [-0.1, -0.05) is 53.0 Å². The Bertz CT molecular complexity index is 476. The Hall–Kier alpha value is -0.680. The van der Waals surface area contributed by atoms with Gasteiger partial charge in [-0.2, -0.15) is 0 Å². The van der Waals surface area contributed by atoms with Gasteiger partial charge in [0.1, 0.15) is 0 Å². The van der Waals surface area contributed by atoms with Gasteiger partial charge in [-0.25, -0.2) is 4.79 Å². The number of carbonyl (C=O) groups excluding carboxylic acids is 1. The van der Waals surface area contributed by atoms with Crippen molar-refractivity contribution in [2.45, 2.75) is 23.0 Å². The Morgan fingerprint density at radius 2 is 2.11 bits per heavy atom. The van der Waals surface area contributed by atoms with Crippen LogP contribution in [-0.4, -0.2) is 22.6 Å². The number of benzene rings is 1. The molecule has 1 aliphatic rings. The molecule has 4 nitrogen and oxygen atoms in total. The molecule has 0 aliphatic carbocycles. The van der Waals surface area contributed by atoms with Crippen LogP contribution in [0.15, 0.2) is 24.3 Å². The molecule has 19 heavy (non-hydrogen) atoms. The molecule has 0 saturated carbocycles. The third kappa shape index (κ3) is 3.26. The summed E-state index contributed by atoms with van der Waals surface area (Å²) in [4.78, 5) is 11.9. The van der Waals surface area contributed by atoms with Gasteiger partial charge >= 0.3 is 5.97 Å². The van der Waals surface area contributed by atoms with E-state index in [2.05, 4.69) is 5.32 Å². The van der Waals surface area contributed by atoms with Crippen LogP contribution in [-0.2, 0) is 14.3 Å². The van der Waals surface area contributed by atoms with Crippen molar-refractivity contribution in [3.05, 3.63) is 29.8 Å². The van der Waals surface area contributed by atoms with Crippen molar-refractivity contribution in [2.24, 2.45) is 0 Å². The average molecular weight is 325 g/mol. The van der Waals surface area contributed by atoms with E-state index in [1.165, 1.54) is 0 Å². The largest absolute Gasteiger partial charge is 0.464 e. The van der Waals surface area contributed by atoms with E-state index in [1.54, 1.807) is 25.1 Å². The number of hydrogen-bond donors (Lipinski definition) is 1. The first kappa shape index (κ1) is 14.7. The minimum Gasteiger partial charge on any atom is -0.464 e. The summed E-state index contributed by atoms with van der Waals surface area (Å²) in [7, 11) is 0. The maximum atomic E-state index is 11.9. The molecule has 0 radical (unpaired) electrons. The second kappa shape index (κ2) is 5.75. The number of anilines is 1. The molecule has 0 aromatic heterocycles. The molecule has 1 aromatic carbocycles. The molecule has 0 spiro atoms. The summed E-state index contributed by atoms with van der Waals surface area (Å²) in [5.41, 5.74) is 1.34. The van der Waals surface area contributed by atoms with Gasteiger partial charge in [-0.3, -0.25) is 0 Å². The van der Waals surface area contributed by atoms with Crippen LogP contribution in [0.25, 0.3) is 0 Å². The molecule has 1 heterocycles. The molecule has 0 bridgehead atoms. The van der Waals surface area contributed by atoms with E-state index in [9.17, 15) is 4.79 Å². The molecule has 0 saturated heterocycles. The number of ether oxygens (including phenoxy) is 2. The van der Waals surface area contributed by atoms with Gasteiger partial charge in [0, 0.05) is 11.3 Å². The fraction of sp³-hybridized carbons (Fsp3) is 0.417. The minimum absolute atomic E-state index is 0.257. The van der Waals surface area contributed by atoms with E-state index in [-0.39, 0.29) is 6.61 Å². The Morgan fingerprint density at radius 1 is 1.42 bits per heavy atom. The highest BCUT2D eigenvalue weighted by Crippen LogP contribution is 2.41. The van der Waals surface area contributed by atoms with Crippen LogP contribution >= 0.6 is 34.8 Å². The van der Waals surface area contributed by atoms with Gasteiger partial charge in [-0.05, 0) is 13.0 Å². The molecule has 2 unspecified atom stereocenters. The highest BCUT2D eigenvalue weighted by Gasteiger charge is 2.42. The van der Waals surface area contributed by atoms with Gasteiger partial charge in [0.05, 0.1) is 6.61 Å². The van der Waals surface area contributed by atoms with Crippen LogP contribution in [0.1, 0.15) is 18.6 Å². The summed E-state index contributed by atoms with van der Waals surface area (Å²) in [6.07, 6.45) is -1.83. The predicted molar refractivity (Wildman–Crippen MR) is 74.6 cm³/mol. The van der Waals surface area contributed by atoms with E-state index in [4.69, 9.17) is 44.3 Å². The molecule has 2 atom stereocenters. The first-order valence-corrected chi connectivity index (χ1v) is 6.81. The Morgan fingerprint density at radius 3 is 2.74 bits per heavy atom. The summed E-state index contributed by atoms with van der Waals surface area (Å²) >= 11 is 17.5. The van der Waals surface area contributed by atoms with Crippen LogP contribution in [0.5, 0.6) is 0 Å². The highest BCUT2D eigenvalue weighted by atomic mass is 35.6. The molecular weight excluding hydrogens is 312 g/mol. The average Bonchev–Trinajstić information content (AvgIpc) is 2.36. The number of nitrogens with one attached hydrogen (secondary N) is 1. The summed E-state index contributed by atoms with van der Waals surface area (Å²) in [5, 5.41) is 2.94. The molecule has 1 aromatic rings. The third-order valence-corrected chi connectivity index (χ3v) is 3.19. The van der Waals surface area contributed by atoms with Gasteiger partial charge in [0.15, 0.2) is 12.3 Å². The lowest BCUT2D eigenvalue weighted by Gasteiger charge is -2.35. The summed E-state index contributed by atoms with van der Waals surface area (Å²) in [6.45, 7) is 1.98. The number of carbonyl (C=O) groups is 1. The number of alkyl halides is 3. The first-order chi connectivity index (χ1) is 8.93. The van der Waals surface area contributed by atoms with E-state index < -0.39 is 22.1 Å². The summed E-state index contributed by atoms with van der Waals surface area (Å²) in [5.74, 6) is -0.504. The number of para-hydroxylation sites is 1. The predicted octanol–water partition coefficient (Wildman–Crippen LogP) is 3.43. The fourth-order valence-corrected chi connectivity index (χ4v) is 2.12. The molecule has 0 amide bonds. The highest BCUT2D eigenvalue weighted by molar-refractivity contribution is 6.68. The maximum Gasteiger partial charge on any atom is 0.340 e. The standard InChI is InChI=1S/C12H12Cl3NO3/c1-2-18-10(17)9-7-5-3-4-6-8(7)16-11(19-9)12(13,14)15/h3-6,9,11,16H,2H2,1H3. The molecule has 7 heteroatoms. The number of esters is 1. The zero-order valence-corrected chi connectivity index (χ0v) is 12.3. The third-order valence-electron chi connectivity index (χ3n) is 2.60. The van der Waals surface area contributed by atoms with E-state index in [0.717, 1.165) is 0 Å². The van der Waals surface area contributed by atoms with Crippen LogP contribution in [0.2, 0.25) is 0 Å². The zero-order valence-electron chi connectivity index (χ0n) is 10.0. The molecular formula is C12H12Cl3NO3. The van der Waals surface area contributed by atoms with Crippen LogP contribution in [0.4, 0.5) is 5.69 Å². The lowest BCUT2D eigenvalue weighted by Crippen LogP contribution is -2.42. The van der Waals surface area contributed by atoms with Gasteiger partial charge in [-0.15, -0.1) is 0 Å². The lowest BCUT2D eigenvalue weighted by molar-refractivity contribution is -0.161. The van der Waals surface area contributed by atoms with Crippen molar-refractivity contribution in [3.8, 4) is 0 Å². The Kier molecular flexibility index (Phi) is 4.46. The number of hydrogen-bond acceptors (Lipinski definition) is 4. The molecule has 0 fully saturated rings. The first-order valence-electron chi connectivity index (χ1n) is 5.67. The molecule has 1 N–H and O–H groups in total. The van der Waals surface area contributed by atoms with E-state index in [1.807, 2.05) is 6.07 Å².